The predicted octanol–water partition coefficient (Wildman–Crippen LogP) is 2.25. The van der Waals surface area contributed by atoms with Crippen molar-refractivity contribution in [3.63, 3.8) is 0 Å². The molecule has 0 aliphatic rings. The summed E-state index contributed by atoms with van der Waals surface area (Å²) in [7, 11) is -4.05. The van der Waals surface area contributed by atoms with E-state index in [4.69, 9.17) is 16.0 Å². The third-order valence-corrected chi connectivity index (χ3v) is 4.15. The van der Waals surface area contributed by atoms with Gasteiger partial charge in [0.2, 0.25) is 0 Å². The highest BCUT2D eigenvalue weighted by Crippen LogP contribution is 2.15. The van der Waals surface area contributed by atoms with Gasteiger partial charge in [-0.3, -0.25) is 9.59 Å². The van der Waals surface area contributed by atoms with Crippen LogP contribution in [0.2, 0.25) is 5.22 Å². The molecule has 0 fully saturated rings. The van der Waals surface area contributed by atoms with Crippen LogP contribution in [0.25, 0.3) is 0 Å². The number of carbonyl (C=O) groups excluding carboxylic acids is 2. The van der Waals surface area contributed by atoms with E-state index >= 15 is 0 Å². The van der Waals surface area contributed by atoms with Gasteiger partial charge in [-0.1, -0.05) is 12.1 Å². The van der Waals surface area contributed by atoms with Crippen molar-refractivity contribution in [2.24, 2.45) is 0 Å². The SMILES string of the molecule is CC(=O)c1ccc(S(=O)(=O)NC(=O)c2ccc(Cl)o2)cc1. The molecule has 0 atom stereocenters. The molecule has 0 unspecified atom stereocenters. The fourth-order valence-corrected chi connectivity index (χ4v) is 2.64. The summed E-state index contributed by atoms with van der Waals surface area (Å²) < 4.78 is 30.7. The molecule has 6 nitrogen and oxygen atoms in total. The van der Waals surface area contributed by atoms with Crippen LogP contribution in [-0.2, 0) is 10.0 Å². The van der Waals surface area contributed by atoms with Crippen molar-refractivity contribution >= 4 is 33.3 Å². The van der Waals surface area contributed by atoms with Crippen molar-refractivity contribution in [1.82, 2.24) is 4.72 Å². The maximum atomic E-state index is 12.0. The summed E-state index contributed by atoms with van der Waals surface area (Å²) in [5, 5.41) is -0.0247. The van der Waals surface area contributed by atoms with E-state index in [1.807, 2.05) is 4.72 Å². The van der Waals surface area contributed by atoms with Crippen LogP contribution in [0.4, 0.5) is 0 Å². The van der Waals surface area contributed by atoms with Crippen LogP contribution in [0.3, 0.4) is 0 Å². The number of ketones is 1. The first-order valence-corrected chi connectivity index (χ1v) is 7.59. The van der Waals surface area contributed by atoms with E-state index in [9.17, 15) is 18.0 Å². The third kappa shape index (κ3) is 3.50. The van der Waals surface area contributed by atoms with Gasteiger partial charge < -0.3 is 4.42 Å². The topological polar surface area (TPSA) is 93.5 Å². The lowest BCUT2D eigenvalue weighted by Gasteiger charge is -2.06. The molecule has 0 saturated carbocycles. The molecule has 0 spiro atoms. The first kappa shape index (κ1) is 15.3. The molecule has 1 N–H and O–H groups in total. The Kier molecular flexibility index (Phi) is 4.15. The number of carbonyl (C=O) groups is 2. The van der Waals surface area contributed by atoms with E-state index in [-0.39, 0.29) is 21.7 Å². The van der Waals surface area contributed by atoms with Crippen LogP contribution in [-0.4, -0.2) is 20.1 Å². The lowest BCUT2D eigenvalue weighted by molar-refractivity contribution is 0.0953. The van der Waals surface area contributed by atoms with E-state index < -0.39 is 15.9 Å². The number of halogens is 1. The average molecular weight is 328 g/mol. The quantitative estimate of drug-likeness (QED) is 0.869. The molecular weight excluding hydrogens is 318 g/mol. The molecule has 110 valence electrons. The molecule has 8 heteroatoms. The minimum absolute atomic E-state index is 0.0247. The van der Waals surface area contributed by atoms with E-state index in [1.54, 1.807) is 0 Å². The largest absolute Gasteiger partial charge is 0.440 e. The maximum Gasteiger partial charge on any atom is 0.300 e. The van der Waals surface area contributed by atoms with Crippen molar-refractivity contribution in [3.8, 4) is 0 Å². The Bertz CT molecular complexity index is 792. The lowest BCUT2D eigenvalue weighted by atomic mass is 10.2. The van der Waals surface area contributed by atoms with Crippen molar-refractivity contribution in [2.45, 2.75) is 11.8 Å². The molecule has 0 aliphatic heterocycles. The summed E-state index contributed by atoms with van der Waals surface area (Å²) in [5.74, 6) is -1.34. The molecule has 1 heterocycles. The van der Waals surface area contributed by atoms with E-state index in [0.29, 0.717) is 5.56 Å². The standard InChI is InChI=1S/C13H10ClNO5S/c1-8(16)9-2-4-10(5-3-9)21(18,19)15-13(17)11-6-7-12(14)20-11/h2-7H,1H3,(H,15,17). The number of furan rings is 1. The summed E-state index contributed by atoms with van der Waals surface area (Å²) in [6.45, 7) is 1.37. The van der Waals surface area contributed by atoms with Gasteiger partial charge in [0, 0.05) is 5.56 Å². The van der Waals surface area contributed by atoms with Gasteiger partial charge in [0.1, 0.15) is 0 Å². The molecular formula is C13H10ClNO5S. The van der Waals surface area contributed by atoms with Gasteiger partial charge in [0.15, 0.2) is 16.8 Å². The number of rotatable bonds is 4. The van der Waals surface area contributed by atoms with Gasteiger partial charge in [-0.2, -0.15) is 0 Å². The van der Waals surface area contributed by atoms with Crippen molar-refractivity contribution in [3.05, 3.63) is 52.9 Å². The number of amides is 1. The lowest BCUT2D eigenvalue weighted by Crippen LogP contribution is -2.30. The zero-order valence-electron chi connectivity index (χ0n) is 10.8. The van der Waals surface area contributed by atoms with E-state index in [0.717, 1.165) is 0 Å². The molecule has 0 radical (unpaired) electrons. The van der Waals surface area contributed by atoms with Crippen molar-refractivity contribution in [2.75, 3.05) is 0 Å². The Balaban J connectivity index is 2.22. The van der Waals surface area contributed by atoms with Gasteiger partial charge in [0.25, 0.3) is 10.0 Å². The first-order chi connectivity index (χ1) is 9.79. The number of Topliss-reactive ketones (excluding diaryl/α,β-unsaturated/α-hetero) is 1. The third-order valence-electron chi connectivity index (χ3n) is 2.60. The van der Waals surface area contributed by atoms with Gasteiger partial charge in [-0.15, -0.1) is 0 Å². The summed E-state index contributed by atoms with van der Waals surface area (Å²) in [6, 6.07) is 7.79. The molecule has 2 rings (SSSR count). The van der Waals surface area contributed by atoms with Gasteiger partial charge in [-0.25, -0.2) is 13.1 Å². The summed E-state index contributed by atoms with van der Waals surface area (Å²) in [4.78, 5) is 22.7. The van der Waals surface area contributed by atoms with Crippen molar-refractivity contribution in [1.29, 1.82) is 0 Å². The molecule has 2 aromatic rings. The molecule has 0 bridgehead atoms. The Hall–Kier alpha value is -2.12. The molecule has 0 saturated heterocycles. The molecule has 21 heavy (non-hydrogen) atoms. The second kappa shape index (κ2) is 5.71. The Morgan fingerprint density at radius 2 is 1.71 bits per heavy atom. The predicted molar refractivity (Wildman–Crippen MR) is 74.8 cm³/mol. The Morgan fingerprint density at radius 3 is 2.19 bits per heavy atom. The maximum absolute atomic E-state index is 12.0. The summed E-state index contributed by atoms with van der Waals surface area (Å²) in [5.41, 5.74) is 0.373. The number of benzene rings is 1. The van der Waals surface area contributed by atoms with Gasteiger partial charge >= 0.3 is 5.91 Å². The highest BCUT2D eigenvalue weighted by molar-refractivity contribution is 7.90. The highest BCUT2D eigenvalue weighted by Gasteiger charge is 2.21. The molecule has 1 amide bonds. The number of nitrogens with one attached hydrogen (secondary N) is 1. The molecule has 0 aliphatic carbocycles. The summed E-state index contributed by atoms with van der Waals surface area (Å²) >= 11 is 5.51. The smallest absolute Gasteiger partial charge is 0.300 e. The average Bonchev–Trinajstić information content (AvgIpc) is 2.85. The minimum Gasteiger partial charge on any atom is -0.440 e. The van der Waals surface area contributed by atoms with Crippen LogP contribution < -0.4 is 4.72 Å². The number of sulfonamides is 1. The fourth-order valence-electron chi connectivity index (χ4n) is 1.54. The fraction of sp³-hybridized carbons (Fsp3) is 0.0769. The van der Waals surface area contributed by atoms with E-state index in [1.165, 1.54) is 43.3 Å². The Labute approximate surface area is 125 Å². The zero-order valence-corrected chi connectivity index (χ0v) is 12.4. The van der Waals surface area contributed by atoms with Crippen molar-refractivity contribution < 1.29 is 22.4 Å². The monoisotopic (exact) mass is 327 g/mol. The Morgan fingerprint density at radius 1 is 1.10 bits per heavy atom. The minimum atomic E-state index is -4.05. The van der Waals surface area contributed by atoms with Crippen LogP contribution in [0.5, 0.6) is 0 Å². The molecule has 1 aromatic heterocycles. The van der Waals surface area contributed by atoms with Crippen LogP contribution in [0.1, 0.15) is 27.8 Å². The zero-order chi connectivity index (χ0) is 15.6. The summed E-state index contributed by atoms with van der Waals surface area (Å²) in [6.07, 6.45) is 0. The normalized spacial score (nSPS) is 11.1. The second-order valence-corrected chi connectivity index (χ2v) is 6.17. The van der Waals surface area contributed by atoms with Gasteiger partial charge in [0.05, 0.1) is 4.90 Å². The van der Waals surface area contributed by atoms with Gasteiger partial charge in [-0.05, 0) is 42.8 Å². The van der Waals surface area contributed by atoms with Crippen LogP contribution in [0, 0.1) is 0 Å². The van der Waals surface area contributed by atoms with Crippen LogP contribution in [0.15, 0.2) is 45.7 Å². The van der Waals surface area contributed by atoms with Crippen LogP contribution >= 0.6 is 11.6 Å². The number of hydrogen-bond donors (Lipinski definition) is 1. The second-order valence-electron chi connectivity index (χ2n) is 4.12. The highest BCUT2D eigenvalue weighted by atomic mass is 35.5. The molecule has 1 aromatic carbocycles. The van der Waals surface area contributed by atoms with E-state index in [2.05, 4.69) is 0 Å². The first-order valence-electron chi connectivity index (χ1n) is 5.73. The number of hydrogen-bond acceptors (Lipinski definition) is 5.